The topological polar surface area (TPSA) is 64.1 Å². The number of rotatable bonds is 7. The van der Waals surface area contributed by atoms with E-state index in [0.29, 0.717) is 11.6 Å². The highest BCUT2D eigenvalue weighted by Crippen LogP contribution is 2.25. The zero-order valence-corrected chi connectivity index (χ0v) is 14.1. The van der Waals surface area contributed by atoms with Gasteiger partial charge in [0.05, 0.1) is 13.5 Å². The Morgan fingerprint density at radius 1 is 1.50 bits per heavy atom. The van der Waals surface area contributed by atoms with Crippen LogP contribution in [0.2, 0.25) is 0 Å². The van der Waals surface area contributed by atoms with E-state index in [1.165, 1.54) is 11.3 Å². The van der Waals surface area contributed by atoms with E-state index < -0.39 is 0 Å². The summed E-state index contributed by atoms with van der Waals surface area (Å²) in [7, 11) is 1.63. The van der Waals surface area contributed by atoms with Crippen molar-refractivity contribution in [1.29, 1.82) is 0 Å². The summed E-state index contributed by atoms with van der Waals surface area (Å²) in [6.07, 6.45) is 2.09. The molecule has 22 heavy (non-hydrogen) atoms. The molecule has 0 spiro atoms. The monoisotopic (exact) mass is 335 g/mol. The third kappa shape index (κ3) is 4.57. The second-order valence-corrected chi connectivity index (χ2v) is 6.75. The first-order valence-electron chi connectivity index (χ1n) is 6.63. The highest BCUT2D eigenvalue weighted by atomic mass is 32.2. The first kappa shape index (κ1) is 16.5. The molecule has 0 unspecified atom stereocenters. The number of thioether (sulfide) groups is 1. The van der Waals surface area contributed by atoms with Crippen molar-refractivity contribution in [2.24, 2.45) is 0 Å². The van der Waals surface area contributed by atoms with Crippen molar-refractivity contribution in [1.82, 2.24) is 10.2 Å². The lowest BCUT2D eigenvalue weighted by atomic mass is 10.1. The van der Waals surface area contributed by atoms with Gasteiger partial charge in [0.15, 0.2) is 4.34 Å². The number of methoxy groups -OCH3 is 1. The zero-order valence-electron chi connectivity index (χ0n) is 12.5. The first-order chi connectivity index (χ1) is 10.6. The Kier molecular flexibility index (Phi) is 5.97. The van der Waals surface area contributed by atoms with E-state index in [1.54, 1.807) is 24.9 Å². The molecule has 1 aromatic carbocycles. The molecule has 116 valence electrons. The average Bonchev–Trinajstić information content (AvgIpc) is 2.92. The Labute approximate surface area is 137 Å². The van der Waals surface area contributed by atoms with E-state index in [9.17, 15) is 4.79 Å². The van der Waals surface area contributed by atoms with Crippen molar-refractivity contribution in [3.63, 3.8) is 0 Å². The van der Waals surface area contributed by atoms with Crippen molar-refractivity contribution in [2.45, 2.75) is 17.7 Å². The van der Waals surface area contributed by atoms with Gasteiger partial charge in [0.25, 0.3) is 0 Å². The number of carbonyl (C=O) groups is 1. The van der Waals surface area contributed by atoms with E-state index in [-0.39, 0.29) is 5.91 Å². The highest BCUT2D eigenvalue weighted by Gasteiger charge is 2.10. The lowest BCUT2D eigenvalue weighted by Gasteiger charge is -2.07. The Morgan fingerprint density at radius 2 is 2.32 bits per heavy atom. The Hall–Kier alpha value is -1.86. The zero-order chi connectivity index (χ0) is 15.9. The standard InChI is InChI=1S/C15H17N3O2S2/c1-4-7-21-15-18-17-14(22-15)16-13(19)9-11-5-6-12(20-3)10(2)8-11/h4-6,8H,1,7,9H2,2-3H3,(H,16,17,19). The molecule has 2 rings (SSSR count). The van der Waals surface area contributed by atoms with Gasteiger partial charge in [-0.2, -0.15) is 0 Å². The fourth-order valence-corrected chi connectivity index (χ4v) is 3.38. The number of anilines is 1. The summed E-state index contributed by atoms with van der Waals surface area (Å²) in [5.74, 6) is 1.48. The molecular weight excluding hydrogens is 318 g/mol. The molecule has 5 nitrogen and oxygen atoms in total. The van der Waals surface area contributed by atoms with Crippen LogP contribution < -0.4 is 10.1 Å². The van der Waals surface area contributed by atoms with Crippen molar-refractivity contribution in [3.8, 4) is 5.75 Å². The molecular formula is C15H17N3O2S2. The fraction of sp³-hybridized carbons (Fsp3) is 0.267. The minimum Gasteiger partial charge on any atom is -0.496 e. The van der Waals surface area contributed by atoms with Gasteiger partial charge in [0.1, 0.15) is 5.75 Å². The molecule has 7 heteroatoms. The van der Waals surface area contributed by atoms with Gasteiger partial charge in [-0.05, 0) is 24.1 Å². The second kappa shape index (κ2) is 7.95. The van der Waals surface area contributed by atoms with Crippen LogP contribution in [0.3, 0.4) is 0 Å². The van der Waals surface area contributed by atoms with Gasteiger partial charge in [0, 0.05) is 5.75 Å². The van der Waals surface area contributed by atoms with Crippen LogP contribution >= 0.6 is 23.1 Å². The number of hydrogen-bond donors (Lipinski definition) is 1. The van der Waals surface area contributed by atoms with Crippen LogP contribution in [-0.2, 0) is 11.2 Å². The van der Waals surface area contributed by atoms with E-state index in [0.717, 1.165) is 27.0 Å². The fourth-order valence-electron chi connectivity index (χ4n) is 1.85. The number of benzene rings is 1. The normalized spacial score (nSPS) is 10.3. The Balaban J connectivity index is 1.93. The van der Waals surface area contributed by atoms with Crippen molar-refractivity contribution >= 4 is 34.1 Å². The highest BCUT2D eigenvalue weighted by molar-refractivity contribution is 8.01. The number of carbonyl (C=O) groups excluding carboxylic acids is 1. The van der Waals surface area contributed by atoms with Crippen molar-refractivity contribution < 1.29 is 9.53 Å². The summed E-state index contributed by atoms with van der Waals surface area (Å²) >= 11 is 2.90. The number of aromatic nitrogens is 2. The van der Waals surface area contributed by atoms with Crippen molar-refractivity contribution in [2.75, 3.05) is 18.2 Å². The van der Waals surface area contributed by atoms with Crippen LogP contribution in [0.25, 0.3) is 0 Å². The van der Waals surface area contributed by atoms with Gasteiger partial charge in [-0.25, -0.2) is 0 Å². The van der Waals surface area contributed by atoms with Gasteiger partial charge >= 0.3 is 0 Å². The number of nitrogens with zero attached hydrogens (tertiary/aromatic N) is 2. The third-order valence-corrected chi connectivity index (χ3v) is 4.77. The molecule has 1 aromatic heterocycles. The molecule has 0 aliphatic carbocycles. The van der Waals surface area contributed by atoms with Crippen LogP contribution in [-0.4, -0.2) is 29.0 Å². The predicted molar refractivity (Wildman–Crippen MR) is 90.9 cm³/mol. The van der Waals surface area contributed by atoms with Crippen LogP contribution in [0, 0.1) is 6.92 Å². The number of hydrogen-bond acceptors (Lipinski definition) is 6. The SMILES string of the molecule is C=CCSc1nnc(NC(=O)Cc2ccc(OC)c(C)c2)s1. The quantitative estimate of drug-likeness (QED) is 0.478. The maximum absolute atomic E-state index is 12.0. The maximum atomic E-state index is 12.0. The third-order valence-electron chi connectivity index (χ3n) is 2.80. The minimum atomic E-state index is -0.110. The van der Waals surface area contributed by atoms with Gasteiger partial charge < -0.3 is 10.1 Å². The van der Waals surface area contributed by atoms with Gasteiger partial charge in [-0.1, -0.05) is 41.3 Å². The molecule has 1 N–H and O–H groups in total. The largest absolute Gasteiger partial charge is 0.496 e. The summed E-state index contributed by atoms with van der Waals surface area (Å²) in [6.45, 7) is 5.61. The lowest BCUT2D eigenvalue weighted by molar-refractivity contribution is -0.115. The molecule has 2 aromatic rings. The molecule has 0 saturated heterocycles. The molecule has 0 saturated carbocycles. The smallest absolute Gasteiger partial charge is 0.230 e. The van der Waals surface area contributed by atoms with Crippen LogP contribution in [0.5, 0.6) is 5.75 Å². The van der Waals surface area contributed by atoms with Gasteiger partial charge in [0.2, 0.25) is 11.0 Å². The lowest BCUT2D eigenvalue weighted by Crippen LogP contribution is -2.14. The molecule has 1 amide bonds. The van der Waals surface area contributed by atoms with E-state index in [4.69, 9.17) is 4.74 Å². The molecule has 0 bridgehead atoms. The maximum Gasteiger partial charge on any atom is 0.230 e. The molecule has 0 aliphatic heterocycles. The van der Waals surface area contributed by atoms with E-state index in [2.05, 4.69) is 22.1 Å². The van der Waals surface area contributed by atoms with Crippen LogP contribution in [0.4, 0.5) is 5.13 Å². The predicted octanol–water partition coefficient (Wildman–Crippen LogP) is 3.31. The second-order valence-electron chi connectivity index (χ2n) is 4.50. The Bertz CT molecular complexity index is 671. The summed E-state index contributed by atoms with van der Waals surface area (Å²) in [5.41, 5.74) is 1.94. The summed E-state index contributed by atoms with van der Waals surface area (Å²) in [5, 5.41) is 11.2. The number of aryl methyl sites for hydroxylation is 1. The number of ether oxygens (including phenoxy) is 1. The molecule has 0 radical (unpaired) electrons. The van der Waals surface area contributed by atoms with Crippen molar-refractivity contribution in [3.05, 3.63) is 42.0 Å². The van der Waals surface area contributed by atoms with Crippen LogP contribution in [0.1, 0.15) is 11.1 Å². The summed E-state index contributed by atoms with van der Waals surface area (Å²) in [6, 6.07) is 5.70. The molecule has 0 atom stereocenters. The van der Waals surface area contributed by atoms with Gasteiger partial charge in [-0.15, -0.1) is 16.8 Å². The summed E-state index contributed by atoms with van der Waals surface area (Å²) in [4.78, 5) is 12.0. The minimum absolute atomic E-state index is 0.110. The number of amides is 1. The molecule has 0 fully saturated rings. The molecule has 1 heterocycles. The first-order valence-corrected chi connectivity index (χ1v) is 8.43. The Morgan fingerprint density at radius 3 is 3.00 bits per heavy atom. The summed E-state index contributed by atoms with van der Waals surface area (Å²) < 4.78 is 6.02. The number of nitrogens with one attached hydrogen (secondary N) is 1. The van der Waals surface area contributed by atoms with Crippen LogP contribution in [0.15, 0.2) is 35.2 Å². The van der Waals surface area contributed by atoms with Gasteiger partial charge in [-0.3, -0.25) is 4.79 Å². The van der Waals surface area contributed by atoms with E-state index in [1.807, 2.05) is 25.1 Å². The average molecular weight is 335 g/mol. The van der Waals surface area contributed by atoms with E-state index >= 15 is 0 Å². The molecule has 0 aliphatic rings.